The van der Waals surface area contributed by atoms with E-state index < -0.39 is 0 Å². The average molecular weight is 431 g/mol. The Labute approximate surface area is 190 Å². The molecule has 5 heteroatoms. The van der Waals surface area contributed by atoms with Crippen molar-refractivity contribution in [3.05, 3.63) is 83.9 Å². The van der Waals surface area contributed by atoms with Crippen LogP contribution in [0, 0.1) is 11.8 Å². The number of allylic oxidation sites excluding steroid dienone is 4. The van der Waals surface area contributed by atoms with Crippen molar-refractivity contribution in [3.63, 3.8) is 0 Å². The highest BCUT2D eigenvalue weighted by Crippen LogP contribution is 2.27. The van der Waals surface area contributed by atoms with Crippen molar-refractivity contribution < 1.29 is 14.3 Å². The van der Waals surface area contributed by atoms with Gasteiger partial charge in [0, 0.05) is 26.2 Å². The minimum absolute atomic E-state index is 0.00130. The molecule has 0 N–H and O–H groups in total. The molecule has 4 rings (SSSR count). The number of piperazine rings is 1. The maximum absolute atomic E-state index is 12.6. The van der Waals surface area contributed by atoms with Crippen molar-refractivity contribution in [1.82, 2.24) is 9.80 Å². The fraction of sp³-hybridized carbons (Fsp3) is 0.370. The predicted octanol–water partition coefficient (Wildman–Crippen LogP) is 4.33. The number of hydrogen-bond donors (Lipinski definition) is 0. The first-order valence-corrected chi connectivity index (χ1v) is 11.3. The molecule has 1 fully saturated rings. The van der Waals surface area contributed by atoms with Gasteiger partial charge in [0.15, 0.2) is 12.0 Å². The normalized spacial score (nSPS) is 19.4. The van der Waals surface area contributed by atoms with E-state index in [4.69, 9.17) is 9.47 Å². The summed E-state index contributed by atoms with van der Waals surface area (Å²) >= 11 is 0. The van der Waals surface area contributed by atoms with E-state index in [1.54, 1.807) is 19.4 Å². The highest BCUT2D eigenvalue weighted by Gasteiger charge is 2.25. The van der Waals surface area contributed by atoms with Gasteiger partial charge in [0.25, 0.3) is 0 Å². The molecule has 0 bridgehead atoms. The molecule has 1 saturated heterocycles. The van der Waals surface area contributed by atoms with Crippen LogP contribution in [0.4, 0.5) is 0 Å². The van der Waals surface area contributed by atoms with Gasteiger partial charge in [-0.2, -0.15) is 0 Å². The summed E-state index contributed by atoms with van der Waals surface area (Å²) in [4.78, 5) is 17.2. The van der Waals surface area contributed by atoms with E-state index in [9.17, 15) is 4.79 Å². The van der Waals surface area contributed by atoms with E-state index >= 15 is 0 Å². The van der Waals surface area contributed by atoms with Gasteiger partial charge >= 0.3 is 0 Å². The molecule has 3 aliphatic rings. The van der Waals surface area contributed by atoms with Crippen LogP contribution in [0.5, 0.6) is 0 Å². The van der Waals surface area contributed by atoms with Crippen LogP contribution in [0.15, 0.2) is 78.3 Å². The van der Waals surface area contributed by atoms with Crippen LogP contribution in [0.2, 0.25) is 0 Å². The number of benzene rings is 1. The monoisotopic (exact) mass is 430 g/mol. The second kappa shape index (κ2) is 10.9. The van der Waals surface area contributed by atoms with Gasteiger partial charge in [0.1, 0.15) is 6.26 Å². The smallest absolute Gasteiger partial charge is 0.231 e. The minimum atomic E-state index is -0.174. The lowest BCUT2D eigenvalue weighted by atomic mass is 9.91. The second-order valence-corrected chi connectivity index (χ2v) is 8.15. The van der Waals surface area contributed by atoms with Crippen molar-refractivity contribution in [2.75, 3.05) is 32.7 Å². The number of Topliss-reactive ketones (excluding diaryl/α,β-unsaturated/α-hetero) is 1. The molecule has 0 radical (unpaired) electrons. The minimum Gasteiger partial charge on any atom is -0.456 e. The quantitative estimate of drug-likeness (QED) is 0.476. The second-order valence-electron chi connectivity index (χ2n) is 8.15. The van der Waals surface area contributed by atoms with E-state index in [2.05, 4.69) is 39.9 Å². The van der Waals surface area contributed by atoms with Crippen LogP contribution < -0.4 is 0 Å². The van der Waals surface area contributed by atoms with Crippen molar-refractivity contribution in [2.24, 2.45) is 0 Å². The Hall–Kier alpha value is -3.23. The molecular weight excluding hydrogens is 400 g/mol. The van der Waals surface area contributed by atoms with Crippen LogP contribution in [0.1, 0.15) is 37.7 Å². The summed E-state index contributed by atoms with van der Waals surface area (Å²) in [5.41, 5.74) is 2.21. The van der Waals surface area contributed by atoms with Crippen molar-refractivity contribution in [1.29, 1.82) is 0 Å². The predicted molar refractivity (Wildman–Crippen MR) is 125 cm³/mol. The molecule has 1 aromatic rings. The fourth-order valence-corrected chi connectivity index (χ4v) is 4.24. The van der Waals surface area contributed by atoms with Gasteiger partial charge in [-0.15, -0.1) is 0 Å². The largest absolute Gasteiger partial charge is 0.456 e. The highest BCUT2D eigenvalue weighted by molar-refractivity contribution is 6.00. The lowest BCUT2D eigenvalue weighted by Gasteiger charge is -2.37. The molecule has 1 unspecified atom stereocenters. The Morgan fingerprint density at radius 3 is 2.56 bits per heavy atom. The van der Waals surface area contributed by atoms with Crippen LogP contribution in [-0.2, 0) is 14.3 Å². The van der Waals surface area contributed by atoms with Gasteiger partial charge in [-0.05, 0) is 49.8 Å². The molecular formula is C27H30N2O3. The fourth-order valence-electron chi connectivity index (χ4n) is 4.24. The summed E-state index contributed by atoms with van der Waals surface area (Å²) in [6.45, 7) is 6.15. The standard InChI is InChI=1S/C27H30N2O3/c1-2-9-25(30)24(22-10-5-3-6-11-22)14-15-28-16-18-29(19-17-28)27-21-31-26(20-32-27)23-12-7-4-8-13-23/h3-7,10-12,20-21,24H,8,13-19H2,1H3. The van der Waals surface area contributed by atoms with Crippen LogP contribution >= 0.6 is 0 Å². The molecule has 1 aliphatic carbocycles. The summed E-state index contributed by atoms with van der Waals surface area (Å²) in [7, 11) is 0. The van der Waals surface area contributed by atoms with E-state index in [0.29, 0.717) is 0 Å². The molecule has 1 atom stereocenters. The molecule has 0 saturated carbocycles. The van der Waals surface area contributed by atoms with E-state index in [1.807, 2.05) is 30.3 Å². The maximum atomic E-state index is 12.6. The molecule has 32 heavy (non-hydrogen) atoms. The Balaban J connectivity index is 1.27. The number of carbonyl (C=O) groups excluding carboxylic acids is 1. The zero-order chi connectivity index (χ0) is 22.2. The highest BCUT2D eigenvalue weighted by atomic mass is 16.6. The average Bonchev–Trinajstić information content (AvgIpc) is 2.86. The molecule has 5 nitrogen and oxygen atoms in total. The SMILES string of the molecule is CC#CC(=O)C(CCN1CCN(C2=COC(C3=CC=CCC3)=CO2)CC1)c1ccccc1. The van der Waals surface area contributed by atoms with Gasteiger partial charge in [0.05, 0.1) is 5.92 Å². The van der Waals surface area contributed by atoms with E-state index in [0.717, 1.165) is 69.2 Å². The van der Waals surface area contributed by atoms with Crippen LogP contribution in [-0.4, -0.2) is 48.3 Å². The van der Waals surface area contributed by atoms with Gasteiger partial charge < -0.3 is 14.4 Å². The Morgan fingerprint density at radius 2 is 1.91 bits per heavy atom. The van der Waals surface area contributed by atoms with Crippen molar-refractivity contribution >= 4 is 5.78 Å². The topological polar surface area (TPSA) is 42.0 Å². The summed E-state index contributed by atoms with van der Waals surface area (Å²) in [5, 5.41) is 0. The summed E-state index contributed by atoms with van der Waals surface area (Å²) in [6, 6.07) is 9.98. The Bertz CT molecular complexity index is 987. The number of ketones is 1. The zero-order valence-electron chi connectivity index (χ0n) is 18.6. The number of carbonyl (C=O) groups is 1. The first-order valence-electron chi connectivity index (χ1n) is 11.3. The molecule has 0 aromatic heterocycles. The van der Waals surface area contributed by atoms with Gasteiger partial charge in [0.2, 0.25) is 11.7 Å². The third kappa shape index (κ3) is 5.52. The molecule has 2 heterocycles. The molecule has 166 valence electrons. The van der Waals surface area contributed by atoms with Crippen LogP contribution in [0.3, 0.4) is 0 Å². The summed E-state index contributed by atoms with van der Waals surface area (Å²) in [6.07, 6.45) is 12.5. The molecule has 0 amide bonds. The first-order chi connectivity index (χ1) is 15.7. The Morgan fingerprint density at radius 1 is 1.09 bits per heavy atom. The van der Waals surface area contributed by atoms with Gasteiger partial charge in [-0.1, -0.05) is 54.5 Å². The first kappa shape index (κ1) is 22.0. The third-order valence-corrected chi connectivity index (χ3v) is 6.09. The zero-order valence-corrected chi connectivity index (χ0v) is 18.6. The van der Waals surface area contributed by atoms with Crippen molar-refractivity contribution in [3.8, 4) is 11.8 Å². The van der Waals surface area contributed by atoms with Crippen LogP contribution in [0.25, 0.3) is 0 Å². The lowest BCUT2D eigenvalue weighted by molar-refractivity contribution is -0.115. The summed E-state index contributed by atoms with van der Waals surface area (Å²) < 4.78 is 11.7. The van der Waals surface area contributed by atoms with Gasteiger partial charge in [-0.3, -0.25) is 9.69 Å². The lowest BCUT2D eigenvalue weighted by Crippen LogP contribution is -2.46. The Kier molecular flexibility index (Phi) is 7.47. The number of rotatable bonds is 7. The van der Waals surface area contributed by atoms with E-state index in [-0.39, 0.29) is 11.7 Å². The number of nitrogens with zero attached hydrogens (tertiary/aromatic N) is 2. The van der Waals surface area contributed by atoms with Gasteiger partial charge in [-0.25, -0.2) is 0 Å². The molecule has 2 aliphatic heterocycles. The summed E-state index contributed by atoms with van der Waals surface area (Å²) in [5.74, 6) is 6.88. The number of ether oxygens (including phenoxy) is 2. The third-order valence-electron chi connectivity index (χ3n) is 6.09. The molecule has 0 spiro atoms. The van der Waals surface area contributed by atoms with Crippen molar-refractivity contribution in [2.45, 2.75) is 32.1 Å². The van der Waals surface area contributed by atoms with E-state index in [1.165, 1.54) is 5.57 Å². The number of hydrogen-bond acceptors (Lipinski definition) is 5. The molecule has 1 aromatic carbocycles. The maximum Gasteiger partial charge on any atom is 0.231 e.